The Morgan fingerprint density at radius 3 is 2.70 bits per heavy atom. The van der Waals surface area contributed by atoms with Gasteiger partial charge in [-0.2, -0.15) is 0 Å². The van der Waals surface area contributed by atoms with Crippen molar-refractivity contribution in [3.63, 3.8) is 0 Å². The fraction of sp³-hybridized carbons (Fsp3) is 0.550. The highest BCUT2D eigenvalue weighted by Gasteiger charge is 2.36. The van der Waals surface area contributed by atoms with Gasteiger partial charge >= 0.3 is 11.9 Å². The van der Waals surface area contributed by atoms with Gasteiger partial charge in [0.1, 0.15) is 12.1 Å². The number of rotatable bonds is 9. The summed E-state index contributed by atoms with van der Waals surface area (Å²) in [5, 5.41) is 12.2. The summed E-state index contributed by atoms with van der Waals surface area (Å²) < 4.78 is 44.4. The molecule has 2 rings (SSSR count). The molecule has 1 fully saturated rings. The van der Waals surface area contributed by atoms with Crippen LogP contribution in [0.3, 0.4) is 0 Å². The molecule has 1 aromatic carbocycles. The fourth-order valence-corrected chi connectivity index (χ4v) is 3.11. The van der Waals surface area contributed by atoms with Gasteiger partial charge in [0.25, 0.3) is 0 Å². The number of likely N-dealkylation sites (tertiary alicyclic amines) is 1. The standard InChI is InChI=1S/C20H28N2O5/c1-3-27-20(26)16(12-11-15-8-5-4-6-9-15)21-14(2)18(23)22-13-7-10-17(22)19(24)25/h4-6,8-9,14,16-17,21H,3,7,10-13H2,1-2H3,(H,24,25)/t14-,16-,17+/m0/s1/i4D,5D,6D,8D,9D. The fourth-order valence-electron chi connectivity index (χ4n) is 3.11. The van der Waals surface area contributed by atoms with Crippen LogP contribution < -0.4 is 5.32 Å². The summed E-state index contributed by atoms with van der Waals surface area (Å²) in [6, 6.07) is -4.88. The zero-order chi connectivity index (χ0) is 24.2. The lowest BCUT2D eigenvalue weighted by molar-refractivity contribution is -0.150. The first-order valence-electron chi connectivity index (χ1n) is 11.5. The van der Waals surface area contributed by atoms with Crippen molar-refractivity contribution in [1.29, 1.82) is 0 Å². The van der Waals surface area contributed by atoms with Crippen molar-refractivity contribution in [2.24, 2.45) is 0 Å². The minimum absolute atomic E-state index is 0.0193. The maximum Gasteiger partial charge on any atom is 0.326 e. The number of esters is 1. The Balaban J connectivity index is 2.18. The molecular formula is C20H28N2O5. The molecule has 1 heterocycles. The minimum Gasteiger partial charge on any atom is -0.480 e. The van der Waals surface area contributed by atoms with Crippen LogP contribution in [0.2, 0.25) is 0 Å². The van der Waals surface area contributed by atoms with Crippen LogP contribution in [0, 0.1) is 0 Å². The smallest absolute Gasteiger partial charge is 0.326 e. The molecule has 148 valence electrons. The van der Waals surface area contributed by atoms with E-state index in [1.165, 1.54) is 11.8 Å². The monoisotopic (exact) mass is 381 g/mol. The number of aliphatic carboxylic acids is 1. The summed E-state index contributed by atoms with van der Waals surface area (Å²) >= 11 is 0. The highest BCUT2D eigenvalue weighted by molar-refractivity contribution is 5.88. The van der Waals surface area contributed by atoms with Gasteiger partial charge < -0.3 is 14.7 Å². The second-order valence-electron chi connectivity index (χ2n) is 6.36. The van der Waals surface area contributed by atoms with Crippen molar-refractivity contribution in [3.8, 4) is 0 Å². The van der Waals surface area contributed by atoms with Crippen LogP contribution in [0.1, 0.15) is 45.5 Å². The van der Waals surface area contributed by atoms with E-state index < -0.39 is 54.1 Å². The number of hydrogen-bond donors (Lipinski definition) is 2. The predicted molar refractivity (Wildman–Crippen MR) is 100 cm³/mol. The van der Waals surface area contributed by atoms with E-state index in [1.54, 1.807) is 6.92 Å². The molecule has 2 N–H and O–H groups in total. The molecule has 0 spiro atoms. The molecular weight excluding hydrogens is 348 g/mol. The number of hydrogen-bond acceptors (Lipinski definition) is 5. The maximum absolute atomic E-state index is 12.8. The average Bonchev–Trinajstić information content (AvgIpc) is 3.25. The SMILES string of the molecule is [2H]c1c([2H])c([2H])c(CC[C@H](N[C@@H](C)C(=O)N2CCC[C@@H]2C(=O)O)C(=O)OCC)c([2H])c1[2H]. The van der Waals surface area contributed by atoms with Gasteiger partial charge in [-0.05, 0) is 45.1 Å². The zero-order valence-electron chi connectivity index (χ0n) is 20.5. The lowest BCUT2D eigenvalue weighted by Gasteiger charge is -2.27. The van der Waals surface area contributed by atoms with Gasteiger partial charge in [0.2, 0.25) is 5.91 Å². The molecule has 0 bridgehead atoms. The average molecular weight is 381 g/mol. The molecule has 0 aliphatic carbocycles. The van der Waals surface area contributed by atoms with Crippen LogP contribution in [0.25, 0.3) is 0 Å². The number of nitrogens with zero attached hydrogens (tertiary/aromatic N) is 1. The largest absolute Gasteiger partial charge is 0.480 e. The predicted octanol–water partition coefficient (Wildman–Crippen LogP) is 1.60. The van der Waals surface area contributed by atoms with Crippen LogP contribution in [0.5, 0.6) is 0 Å². The lowest BCUT2D eigenvalue weighted by Crippen LogP contribution is -2.53. The number of carbonyl (C=O) groups is 3. The number of carboxylic acids is 1. The van der Waals surface area contributed by atoms with Crippen molar-refractivity contribution >= 4 is 17.8 Å². The van der Waals surface area contributed by atoms with Crippen LogP contribution in [-0.4, -0.2) is 59.1 Å². The first kappa shape index (κ1) is 14.6. The Morgan fingerprint density at radius 1 is 1.37 bits per heavy atom. The molecule has 1 aliphatic rings. The first-order chi connectivity index (χ1) is 15.0. The molecule has 3 atom stereocenters. The highest BCUT2D eigenvalue weighted by atomic mass is 16.5. The molecule has 1 amide bonds. The number of carbonyl (C=O) groups excluding carboxylic acids is 2. The van der Waals surface area contributed by atoms with Crippen LogP contribution in [0.4, 0.5) is 0 Å². The van der Waals surface area contributed by atoms with E-state index in [0.29, 0.717) is 19.4 Å². The van der Waals surface area contributed by atoms with E-state index >= 15 is 0 Å². The van der Waals surface area contributed by atoms with Crippen molar-refractivity contribution in [2.45, 2.75) is 57.7 Å². The molecule has 0 saturated carbocycles. The summed E-state index contributed by atoms with van der Waals surface area (Å²) in [6.45, 7) is 3.56. The van der Waals surface area contributed by atoms with Crippen LogP contribution in [0.15, 0.2) is 30.2 Å². The van der Waals surface area contributed by atoms with Gasteiger partial charge in [-0.1, -0.05) is 30.2 Å². The Hall–Kier alpha value is -2.41. The Bertz CT molecular complexity index is 869. The van der Waals surface area contributed by atoms with Crippen LogP contribution in [-0.2, 0) is 25.5 Å². The van der Waals surface area contributed by atoms with E-state index in [0.717, 1.165) is 0 Å². The number of ether oxygens (including phenoxy) is 1. The maximum atomic E-state index is 12.8. The molecule has 7 nitrogen and oxygen atoms in total. The third-order valence-corrected chi connectivity index (χ3v) is 4.45. The highest BCUT2D eigenvalue weighted by Crippen LogP contribution is 2.19. The molecule has 1 saturated heterocycles. The quantitative estimate of drug-likeness (QED) is 0.631. The van der Waals surface area contributed by atoms with Crippen molar-refractivity contribution in [2.75, 3.05) is 13.2 Å². The Kier molecular flexibility index (Phi) is 5.45. The first-order valence-corrected chi connectivity index (χ1v) is 9.02. The molecule has 27 heavy (non-hydrogen) atoms. The summed E-state index contributed by atoms with van der Waals surface area (Å²) in [5.41, 5.74) is 0.0663. The number of nitrogens with one attached hydrogen (secondary N) is 1. The van der Waals surface area contributed by atoms with Gasteiger partial charge in [-0.15, -0.1) is 0 Å². The minimum atomic E-state index is -1.08. The van der Waals surface area contributed by atoms with E-state index in [1.807, 2.05) is 0 Å². The molecule has 0 radical (unpaired) electrons. The van der Waals surface area contributed by atoms with E-state index in [9.17, 15) is 19.5 Å². The molecule has 7 heteroatoms. The summed E-state index contributed by atoms with van der Waals surface area (Å²) in [5.74, 6) is -2.17. The van der Waals surface area contributed by atoms with E-state index in [4.69, 9.17) is 11.6 Å². The number of carboxylic acid groups (broad SMARTS) is 1. The van der Waals surface area contributed by atoms with Crippen molar-refractivity contribution in [1.82, 2.24) is 10.2 Å². The molecule has 0 unspecified atom stereocenters. The Labute approximate surface area is 166 Å². The van der Waals surface area contributed by atoms with Gasteiger partial charge in [0, 0.05) is 6.54 Å². The van der Waals surface area contributed by atoms with Gasteiger partial charge in [0.05, 0.1) is 19.5 Å². The lowest BCUT2D eigenvalue weighted by atomic mass is 10.0. The van der Waals surface area contributed by atoms with E-state index in [-0.39, 0.29) is 37.1 Å². The third kappa shape index (κ3) is 5.79. The molecule has 0 aromatic heterocycles. The van der Waals surface area contributed by atoms with Crippen molar-refractivity contribution in [3.05, 3.63) is 35.8 Å². The second-order valence-corrected chi connectivity index (χ2v) is 6.36. The normalized spacial score (nSPS) is 21.3. The topological polar surface area (TPSA) is 95.9 Å². The summed E-state index contributed by atoms with van der Waals surface area (Å²) in [4.78, 5) is 37.9. The van der Waals surface area contributed by atoms with E-state index in [2.05, 4.69) is 5.32 Å². The van der Waals surface area contributed by atoms with Gasteiger partial charge in [-0.25, -0.2) is 4.79 Å². The number of benzene rings is 1. The molecule has 1 aromatic rings. The summed E-state index contributed by atoms with van der Waals surface area (Å²) in [6.07, 6.45) is 0.943. The third-order valence-electron chi connectivity index (χ3n) is 4.45. The summed E-state index contributed by atoms with van der Waals surface area (Å²) in [7, 11) is 0. The van der Waals surface area contributed by atoms with Gasteiger partial charge in [0.15, 0.2) is 0 Å². The number of amides is 1. The second kappa shape index (κ2) is 10.1. The van der Waals surface area contributed by atoms with Gasteiger partial charge in [-0.3, -0.25) is 14.9 Å². The zero-order valence-corrected chi connectivity index (χ0v) is 15.5. The molecule has 1 aliphatic heterocycles. The Morgan fingerprint density at radius 2 is 2.07 bits per heavy atom. The van der Waals surface area contributed by atoms with Crippen molar-refractivity contribution < 1.29 is 31.1 Å². The van der Waals surface area contributed by atoms with Crippen LogP contribution >= 0.6 is 0 Å².